The molecule has 2 aromatic rings. The van der Waals surface area contributed by atoms with Crippen molar-refractivity contribution in [3.63, 3.8) is 0 Å². The number of pyridine rings is 1. The van der Waals surface area contributed by atoms with Gasteiger partial charge in [0.15, 0.2) is 5.96 Å². The first-order valence-electron chi connectivity index (χ1n) is 8.07. The number of nitrogens with zero attached hydrogens (tertiary/aromatic N) is 2. The molecule has 1 aromatic heterocycles. The van der Waals surface area contributed by atoms with Crippen LogP contribution in [0.3, 0.4) is 0 Å². The molecule has 0 radical (unpaired) electrons. The lowest BCUT2D eigenvalue weighted by Gasteiger charge is -2.15. The number of aliphatic imine (C=N–C) groups is 1. The predicted octanol–water partition coefficient (Wildman–Crippen LogP) is 2.25. The smallest absolute Gasteiger partial charge is 0.191 e. The highest BCUT2D eigenvalue weighted by Crippen LogP contribution is 2.27. The largest absolute Gasteiger partial charge is 0.490 e. The Morgan fingerprint density at radius 2 is 2.16 bits per heavy atom. The lowest BCUT2D eigenvalue weighted by molar-refractivity contribution is 0.234. The van der Waals surface area contributed by atoms with Crippen LogP contribution in [0.25, 0.3) is 0 Å². The Morgan fingerprint density at radius 1 is 1.28 bits per heavy atom. The third-order valence-electron chi connectivity index (χ3n) is 3.73. The van der Waals surface area contributed by atoms with E-state index in [0.717, 1.165) is 23.9 Å². The zero-order chi connectivity index (χ0) is 16.6. The summed E-state index contributed by atoms with van der Waals surface area (Å²) in [4.78, 5) is 8.22. The molecule has 1 atom stereocenters. The van der Waals surface area contributed by atoms with Crippen molar-refractivity contribution in [3.05, 3.63) is 54.4 Å². The number of ether oxygens (including phenoxy) is 2. The Balaban J connectivity index is 0.00000225. The molecule has 2 heterocycles. The van der Waals surface area contributed by atoms with Gasteiger partial charge in [-0.25, -0.2) is 0 Å². The molecule has 1 unspecified atom stereocenters. The molecule has 1 aliphatic rings. The van der Waals surface area contributed by atoms with Gasteiger partial charge in [-0.15, -0.1) is 24.0 Å². The first-order chi connectivity index (χ1) is 11.8. The van der Waals surface area contributed by atoms with E-state index >= 15 is 0 Å². The minimum absolute atomic E-state index is 0. The fourth-order valence-electron chi connectivity index (χ4n) is 2.57. The third-order valence-corrected chi connectivity index (χ3v) is 3.73. The van der Waals surface area contributed by atoms with Crippen LogP contribution in [0.1, 0.15) is 5.56 Å². The van der Waals surface area contributed by atoms with Crippen LogP contribution in [-0.4, -0.2) is 43.8 Å². The first-order valence-corrected chi connectivity index (χ1v) is 8.07. The standard InChI is InChI=1S/C18H22N4O2.HI/c1-19-18(21-9-10-23-15-6-4-8-20-12-15)22-13-16-11-14-5-2-3-7-17(14)24-16;/h2-8,12,16H,9-11,13H2,1H3,(H2,19,21,22);1H. The Labute approximate surface area is 165 Å². The summed E-state index contributed by atoms with van der Waals surface area (Å²) >= 11 is 0. The van der Waals surface area contributed by atoms with Gasteiger partial charge in [0, 0.05) is 19.7 Å². The molecular formula is C18H23IN4O2. The first kappa shape index (κ1) is 19.3. The normalized spacial score (nSPS) is 15.6. The molecule has 1 aromatic carbocycles. The van der Waals surface area contributed by atoms with E-state index in [9.17, 15) is 0 Å². The second-order valence-electron chi connectivity index (χ2n) is 5.47. The monoisotopic (exact) mass is 454 g/mol. The summed E-state index contributed by atoms with van der Waals surface area (Å²) in [5.41, 5.74) is 1.26. The highest BCUT2D eigenvalue weighted by molar-refractivity contribution is 14.0. The van der Waals surface area contributed by atoms with Crippen molar-refractivity contribution in [2.24, 2.45) is 4.99 Å². The Morgan fingerprint density at radius 3 is 2.92 bits per heavy atom. The van der Waals surface area contributed by atoms with Crippen LogP contribution in [0, 0.1) is 0 Å². The van der Waals surface area contributed by atoms with E-state index in [0.29, 0.717) is 19.7 Å². The summed E-state index contributed by atoms with van der Waals surface area (Å²) in [5.74, 6) is 2.49. The van der Waals surface area contributed by atoms with Gasteiger partial charge < -0.3 is 20.1 Å². The van der Waals surface area contributed by atoms with Crippen LogP contribution in [0.4, 0.5) is 0 Å². The third kappa shape index (κ3) is 5.77. The summed E-state index contributed by atoms with van der Waals surface area (Å²) in [6.07, 6.45) is 4.47. The summed E-state index contributed by atoms with van der Waals surface area (Å²) < 4.78 is 11.5. The van der Waals surface area contributed by atoms with E-state index in [1.807, 2.05) is 30.3 Å². The predicted molar refractivity (Wildman–Crippen MR) is 109 cm³/mol. The van der Waals surface area contributed by atoms with Gasteiger partial charge in [0.2, 0.25) is 0 Å². The average molecular weight is 454 g/mol. The zero-order valence-electron chi connectivity index (χ0n) is 14.1. The number of guanidine groups is 1. The van der Waals surface area contributed by atoms with Gasteiger partial charge >= 0.3 is 0 Å². The Kier molecular flexibility index (Phi) is 7.77. The van der Waals surface area contributed by atoms with Gasteiger partial charge in [0.1, 0.15) is 24.2 Å². The number of para-hydroxylation sites is 1. The van der Waals surface area contributed by atoms with Crippen LogP contribution in [-0.2, 0) is 6.42 Å². The van der Waals surface area contributed by atoms with Crippen molar-refractivity contribution < 1.29 is 9.47 Å². The van der Waals surface area contributed by atoms with Crippen LogP contribution in [0.5, 0.6) is 11.5 Å². The van der Waals surface area contributed by atoms with Crippen molar-refractivity contribution in [2.75, 3.05) is 26.7 Å². The number of benzene rings is 1. The maximum Gasteiger partial charge on any atom is 0.191 e. The minimum atomic E-state index is 0. The quantitative estimate of drug-likeness (QED) is 0.304. The molecule has 3 rings (SSSR count). The maximum atomic E-state index is 5.91. The van der Waals surface area contributed by atoms with Crippen molar-refractivity contribution in [1.82, 2.24) is 15.6 Å². The summed E-state index contributed by atoms with van der Waals surface area (Å²) in [7, 11) is 1.75. The van der Waals surface area contributed by atoms with Crippen LogP contribution in [0.2, 0.25) is 0 Å². The molecule has 134 valence electrons. The molecule has 0 bridgehead atoms. The van der Waals surface area contributed by atoms with Crippen molar-refractivity contribution >= 4 is 29.9 Å². The molecule has 0 saturated carbocycles. The average Bonchev–Trinajstić information content (AvgIpc) is 3.05. The van der Waals surface area contributed by atoms with Crippen LogP contribution < -0.4 is 20.1 Å². The molecule has 0 spiro atoms. The molecule has 0 aliphatic carbocycles. The second-order valence-corrected chi connectivity index (χ2v) is 5.47. The molecular weight excluding hydrogens is 431 g/mol. The lowest BCUT2D eigenvalue weighted by Crippen LogP contribution is -2.43. The SMILES string of the molecule is CN=C(NCCOc1cccnc1)NCC1Cc2ccccc2O1.I. The molecule has 0 fully saturated rings. The second kappa shape index (κ2) is 10.1. The molecule has 2 N–H and O–H groups in total. The van der Waals surface area contributed by atoms with E-state index in [2.05, 4.69) is 26.7 Å². The van der Waals surface area contributed by atoms with E-state index in [1.54, 1.807) is 19.4 Å². The van der Waals surface area contributed by atoms with Gasteiger partial charge in [-0.2, -0.15) is 0 Å². The summed E-state index contributed by atoms with van der Waals surface area (Å²) in [6, 6.07) is 11.9. The number of hydrogen-bond acceptors (Lipinski definition) is 4. The topological polar surface area (TPSA) is 67.8 Å². The fourth-order valence-corrected chi connectivity index (χ4v) is 2.57. The highest BCUT2D eigenvalue weighted by atomic mass is 127. The molecule has 7 heteroatoms. The fraction of sp³-hybridized carbons (Fsp3) is 0.333. The number of aromatic nitrogens is 1. The maximum absolute atomic E-state index is 5.91. The molecule has 0 amide bonds. The van der Waals surface area contributed by atoms with Gasteiger partial charge in [-0.3, -0.25) is 9.98 Å². The number of halogens is 1. The van der Waals surface area contributed by atoms with Gasteiger partial charge in [-0.1, -0.05) is 18.2 Å². The van der Waals surface area contributed by atoms with Crippen LogP contribution >= 0.6 is 24.0 Å². The number of nitrogens with one attached hydrogen (secondary N) is 2. The van der Waals surface area contributed by atoms with Gasteiger partial charge in [-0.05, 0) is 23.8 Å². The number of rotatable bonds is 6. The van der Waals surface area contributed by atoms with E-state index in [4.69, 9.17) is 9.47 Å². The highest BCUT2D eigenvalue weighted by Gasteiger charge is 2.22. The van der Waals surface area contributed by atoms with Crippen LogP contribution in [0.15, 0.2) is 53.8 Å². The molecule has 1 aliphatic heterocycles. The molecule has 0 saturated heterocycles. The minimum Gasteiger partial charge on any atom is -0.490 e. The summed E-state index contributed by atoms with van der Waals surface area (Å²) in [6.45, 7) is 1.90. The van der Waals surface area contributed by atoms with E-state index in [1.165, 1.54) is 5.56 Å². The zero-order valence-corrected chi connectivity index (χ0v) is 16.5. The number of fused-ring (bicyclic) bond motifs is 1. The van der Waals surface area contributed by atoms with Gasteiger partial charge in [0.05, 0.1) is 19.3 Å². The van der Waals surface area contributed by atoms with Crippen molar-refractivity contribution in [3.8, 4) is 11.5 Å². The summed E-state index contributed by atoms with van der Waals surface area (Å²) in [5, 5.41) is 6.51. The lowest BCUT2D eigenvalue weighted by atomic mass is 10.1. The molecule has 6 nitrogen and oxygen atoms in total. The van der Waals surface area contributed by atoms with E-state index in [-0.39, 0.29) is 30.1 Å². The molecule has 25 heavy (non-hydrogen) atoms. The Bertz CT molecular complexity index is 657. The number of hydrogen-bond donors (Lipinski definition) is 2. The van der Waals surface area contributed by atoms with Gasteiger partial charge in [0.25, 0.3) is 0 Å². The van der Waals surface area contributed by atoms with Crippen molar-refractivity contribution in [2.45, 2.75) is 12.5 Å². The Hall–Kier alpha value is -2.03. The van der Waals surface area contributed by atoms with E-state index < -0.39 is 0 Å². The van der Waals surface area contributed by atoms with Crippen molar-refractivity contribution in [1.29, 1.82) is 0 Å².